The second kappa shape index (κ2) is 5.70. The first-order chi connectivity index (χ1) is 10.3. The number of methoxy groups -OCH3 is 1. The molecule has 0 atom stereocenters. The van der Waals surface area contributed by atoms with Crippen LogP contribution in [0.25, 0.3) is 10.9 Å². The third kappa shape index (κ3) is 2.63. The van der Waals surface area contributed by atoms with Crippen LogP contribution in [0.1, 0.15) is 33.3 Å². The summed E-state index contributed by atoms with van der Waals surface area (Å²) in [6.45, 7) is 1.65. The molecule has 0 radical (unpaired) electrons. The Morgan fingerprint density at radius 2 is 1.91 bits per heavy atom. The number of fused-ring (bicyclic) bond motifs is 1. The number of aromatic amines is 1. The molecule has 1 aromatic heterocycles. The zero-order valence-corrected chi connectivity index (χ0v) is 11.7. The van der Waals surface area contributed by atoms with Crippen molar-refractivity contribution in [2.75, 3.05) is 13.7 Å². The molecule has 1 N–H and O–H groups in total. The highest BCUT2D eigenvalue weighted by atomic mass is 19.4. The molecule has 2 aromatic rings. The highest BCUT2D eigenvalue weighted by Crippen LogP contribution is 2.36. The van der Waals surface area contributed by atoms with Crippen molar-refractivity contribution in [3.63, 3.8) is 0 Å². The Kier molecular flexibility index (Phi) is 4.11. The number of esters is 2. The Balaban J connectivity index is 2.78. The minimum atomic E-state index is -4.80. The zero-order valence-electron chi connectivity index (χ0n) is 11.7. The molecule has 0 saturated carbocycles. The second-order valence-electron chi connectivity index (χ2n) is 4.31. The van der Waals surface area contributed by atoms with E-state index in [0.29, 0.717) is 0 Å². The summed E-state index contributed by atoms with van der Waals surface area (Å²) < 4.78 is 48.5. The van der Waals surface area contributed by atoms with E-state index in [2.05, 4.69) is 9.72 Å². The molecule has 0 bridgehead atoms. The maximum absolute atomic E-state index is 13.1. The average Bonchev–Trinajstić information content (AvgIpc) is 2.86. The van der Waals surface area contributed by atoms with E-state index in [1.807, 2.05) is 0 Å². The summed E-state index contributed by atoms with van der Waals surface area (Å²) in [5, 5.41) is -0.0512. The summed E-state index contributed by atoms with van der Waals surface area (Å²) in [7, 11) is 0.983. The summed E-state index contributed by atoms with van der Waals surface area (Å²) >= 11 is 0. The highest BCUT2D eigenvalue weighted by molar-refractivity contribution is 6.11. The number of hydrogen-bond acceptors (Lipinski definition) is 4. The van der Waals surface area contributed by atoms with Gasteiger partial charge in [0.25, 0.3) is 0 Å². The van der Waals surface area contributed by atoms with Crippen molar-refractivity contribution in [1.29, 1.82) is 0 Å². The molecular formula is C14H12F3NO4. The number of alkyl halides is 3. The summed E-state index contributed by atoms with van der Waals surface area (Å²) in [5.74, 6) is -1.92. The second-order valence-corrected chi connectivity index (χ2v) is 4.31. The van der Waals surface area contributed by atoms with Gasteiger partial charge >= 0.3 is 18.1 Å². The third-order valence-electron chi connectivity index (χ3n) is 3.00. The summed E-state index contributed by atoms with van der Waals surface area (Å²) in [4.78, 5) is 25.6. The monoisotopic (exact) mass is 315 g/mol. The van der Waals surface area contributed by atoms with Gasteiger partial charge in [0.1, 0.15) is 5.69 Å². The fraction of sp³-hybridized carbons (Fsp3) is 0.286. The molecule has 0 aliphatic rings. The Morgan fingerprint density at radius 3 is 2.45 bits per heavy atom. The summed E-state index contributed by atoms with van der Waals surface area (Å²) in [6.07, 6.45) is -4.80. The van der Waals surface area contributed by atoms with E-state index < -0.39 is 29.4 Å². The maximum Gasteiger partial charge on any atom is 0.432 e. The molecule has 5 nitrogen and oxygen atoms in total. The first kappa shape index (κ1) is 15.9. The lowest BCUT2D eigenvalue weighted by molar-refractivity contribution is -0.141. The molecule has 0 aliphatic carbocycles. The number of halogens is 3. The van der Waals surface area contributed by atoms with Crippen molar-refractivity contribution >= 4 is 22.8 Å². The van der Waals surface area contributed by atoms with Crippen LogP contribution < -0.4 is 0 Å². The van der Waals surface area contributed by atoms with Crippen LogP contribution in [0.2, 0.25) is 0 Å². The van der Waals surface area contributed by atoms with Crippen LogP contribution in [0.5, 0.6) is 0 Å². The first-order valence-electron chi connectivity index (χ1n) is 6.28. The number of para-hydroxylation sites is 1. The van der Waals surface area contributed by atoms with Crippen LogP contribution in [-0.2, 0) is 15.7 Å². The first-order valence-corrected chi connectivity index (χ1v) is 6.28. The molecule has 1 aromatic carbocycles. The predicted octanol–water partition coefficient (Wildman–Crippen LogP) is 3.15. The minimum absolute atomic E-state index is 0.0512. The molecule has 0 saturated heterocycles. The number of H-pyrrole nitrogens is 1. The lowest BCUT2D eigenvalue weighted by Crippen LogP contribution is -2.13. The van der Waals surface area contributed by atoms with Gasteiger partial charge in [-0.05, 0) is 13.0 Å². The summed E-state index contributed by atoms with van der Waals surface area (Å²) in [5.41, 5.74) is -2.11. The fourth-order valence-corrected chi connectivity index (χ4v) is 2.12. The standard InChI is InChI=1S/C14H12F3NO4/c1-3-22-12(19)8-6-4-5-7-9(13(20)21-2)11(14(15,16)17)18-10(7)8/h4-6,18H,3H2,1-2H3. The largest absolute Gasteiger partial charge is 0.465 e. The maximum atomic E-state index is 13.1. The quantitative estimate of drug-likeness (QED) is 0.884. The Morgan fingerprint density at radius 1 is 1.23 bits per heavy atom. The zero-order chi connectivity index (χ0) is 16.5. The van der Waals surface area contributed by atoms with Gasteiger partial charge in [0.05, 0.1) is 30.4 Å². The van der Waals surface area contributed by atoms with Crippen LogP contribution in [0.3, 0.4) is 0 Å². The number of rotatable bonds is 3. The molecular weight excluding hydrogens is 303 g/mol. The lowest BCUT2D eigenvalue weighted by Gasteiger charge is -2.06. The number of benzene rings is 1. The number of aromatic nitrogens is 1. The normalized spacial score (nSPS) is 11.5. The van der Waals surface area contributed by atoms with E-state index in [0.717, 1.165) is 7.11 Å². The van der Waals surface area contributed by atoms with Crippen molar-refractivity contribution in [2.24, 2.45) is 0 Å². The van der Waals surface area contributed by atoms with Crippen LogP contribution >= 0.6 is 0 Å². The SMILES string of the molecule is CCOC(=O)c1cccc2c(C(=O)OC)c(C(F)(F)F)[nH]c12. The van der Waals surface area contributed by atoms with Gasteiger partial charge in [0.2, 0.25) is 0 Å². The van der Waals surface area contributed by atoms with Gasteiger partial charge in [-0.2, -0.15) is 13.2 Å². The van der Waals surface area contributed by atoms with Gasteiger partial charge in [-0.1, -0.05) is 12.1 Å². The number of nitrogens with one attached hydrogen (secondary N) is 1. The smallest absolute Gasteiger partial charge is 0.432 e. The van der Waals surface area contributed by atoms with Crippen LogP contribution in [0.4, 0.5) is 13.2 Å². The van der Waals surface area contributed by atoms with Gasteiger partial charge < -0.3 is 14.5 Å². The van der Waals surface area contributed by atoms with Gasteiger partial charge in [0.15, 0.2) is 0 Å². The summed E-state index contributed by atoms with van der Waals surface area (Å²) in [6, 6.07) is 3.99. The van der Waals surface area contributed by atoms with Crippen LogP contribution in [0, 0.1) is 0 Å². The van der Waals surface area contributed by atoms with E-state index in [1.165, 1.54) is 18.2 Å². The molecule has 8 heteroatoms. The highest BCUT2D eigenvalue weighted by Gasteiger charge is 2.39. The van der Waals surface area contributed by atoms with Gasteiger partial charge in [-0.3, -0.25) is 0 Å². The van der Waals surface area contributed by atoms with Crippen molar-refractivity contribution in [3.05, 3.63) is 35.0 Å². The number of ether oxygens (including phenoxy) is 2. The Labute approximate surface area is 123 Å². The fourth-order valence-electron chi connectivity index (χ4n) is 2.12. The molecule has 118 valence electrons. The van der Waals surface area contributed by atoms with Crippen LogP contribution in [-0.4, -0.2) is 30.6 Å². The number of hydrogen-bond donors (Lipinski definition) is 1. The van der Waals surface area contributed by atoms with Crippen molar-refractivity contribution in [3.8, 4) is 0 Å². The molecule has 0 aliphatic heterocycles. The van der Waals surface area contributed by atoms with E-state index in [1.54, 1.807) is 6.92 Å². The molecule has 0 spiro atoms. The third-order valence-corrected chi connectivity index (χ3v) is 3.00. The number of carbonyl (C=O) groups excluding carboxylic acids is 2. The molecule has 2 rings (SSSR count). The lowest BCUT2D eigenvalue weighted by atomic mass is 10.1. The minimum Gasteiger partial charge on any atom is -0.465 e. The van der Waals surface area contributed by atoms with Crippen molar-refractivity contribution in [2.45, 2.75) is 13.1 Å². The van der Waals surface area contributed by atoms with Gasteiger partial charge in [0, 0.05) is 5.39 Å². The van der Waals surface area contributed by atoms with Gasteiger partial charge in [-0.25, -0.2) is 9.59 Å². The average molecular weight is 315 g/mol. The topological polar surface area (TPSA) is 68.4 Å². The van der Waals surface area contributed by atoms with Crippen molar-refractivity contribution in [1.82, 2.24) is 4.98 Å². The van der Waals surface area contributed by atoms with Crippen LogP contribution in [0.15, 0.2) is 18.2 Å². The predicted molar refractivity (Wildman–Crippen MR) is 70.6 cm³/mol. The number of carbonyl (C=O) groups is 2. The van der Waals surface area contributed by atoms with E-state index in [4.69, 9.17) is 4.74 Å². The Hall–Kier alpha value is -2.51. The van der Waals surface area contributed by atoms with E-state index in [-0.39, 0.29) is 23.1 Å². The van der Waals surface area contributed by atoms with E-state index >= 15 is 0 Å². The molecule has 1 heterocycles. The van der Waals surface area contributed by atoms with E-state index in [9.17, 15) is 22.8 Å². The molecule has 22 heavy (non-hydrogen) atoms. The van der Waals surface area contributed by atoms with Crippen molar-refractivity contribution < 1.29 is 32.2 Å². The van der Waals surface area contributed by atoms with Gasteiger partial charge in [-0.15, -0.1) is 0 Å². The Bertz CT molecular complexity index is 733. The molecule has 0 amide bonds. The molecule has 0 unspecified atom stereocenters. The molecule has 0 fully saturated rings.